The highest BCUT2D eigenvalue weighted by molar-refractivity contribution is 7.99. The van der Waals surface area contributed by atoms with E-state index in [1.54, 1.807) is 23.9 Å². The zero-order valence-corrected chi connectivity index (χ0v) is 19.8. The summed E-state index contributed by atoms with van der Waals surface area (Å²) in [6.45, 7) is 1.96. The molecule has 4 atom stereocenters. The molecular weight excluding hydrogens is 462 g/mol. The molecule has 0 aromatic heterocycles. The van der Waals surface area contributed by atoms with E-state index in [0.29, 0.717) is 11.4 Å². The number of carbonyl (C=O) groups is 2. The summed E-state index contributed by atoms with van der Waals surface area (Å²) >= 11 is 1.72. The van der Waals surface area contributed by atoms with Crippen LogP contribution in [-0.4, -0.2) is 39.2 Å². The molecule has 8 heteroatoms. The van der Waals surface area contributed by atoms with E-state index in [1.165, 1.54) is 6.07 Å². The monoisotopic (exact) mass is 485 g/mol. The molecule has 0 bridgehead atoms. The molecule has 0 unspecified atom stereocenters. The molecule has 3 aromatic rings. The third kappa shape index (κ3) is 3.10. The molecule has 3 aliphatic rings. The maximum Gasteiger partial charge on any atom is 0.269 e. The van der Waals surface area contributed by atoms with Crippen LogP contribution in [0.3, 0.4) is 0 Å². The van der Waals surface area contributed by atoms with Crippen LogP contribution in [0.1, 0.15) is 33.0 Å². The maximum absolute atomic E-state index is 14.4. The molecule has 0 saturated carbocycles. The van der Waals surface area contributed by atoms with Crippen molar-refractivity contribution in [3.8, 4) is 0 Å². The fourth-order valence-corrected chi connectivity index (χ4v) is 7.47. The van der Waals surface area contributed by atoms with Gasteiger partial charge in [0.2, 0.25) is 5.91 Å². The Bertz CT molecular complexity index is 1370. The Morgan fingerprint density at radius 1 is 1.11 bits per heavy atom. The number of para-hydroxylation sites is 1. The van der Waals surface area contributed by atoms with Gasteiger partial charge in [0.25, 0.3) is 5.69 Å². The molecular formula is C27H23N3O4S. The van der Waals surface area contributed by atoms with Gasteiger partial charge in [-0.2, -0.15) is 0 Å². The van der Waals surface area contributed by atoms with Crippen LogP contribution >= 0.6 is 11.8 Å². The van der Waals surface area contributed by atoms with E-state index in [0.717, 1.165) is 28.1 Å². The molecule has 0 radical (unpaired) electrons. The number of thioether (sulfide) groups is 1. The van der Waals surface area contributed by atoms with Gasteiger partial charge in [0, 0.05) is 52.5 Å². The topological polar surface area (TPSA) is 92.5 Å². The maximum atomic E-state index is 14.4. The average molecular weight is 486 g/mol. The second kappa shape index (κ2) is 8.03. The van der Waals surface area contributed by atoms with Gasteiger partial charge in [0.1, 0.15) is 5.54 Å². The van der Waals surface area contributed by atoms with Gasteiger partial charge in [-0.05, 0) is 18.6 Å². The molecule has 176 valence electrons. The lowest BCUT2D eigenvalue weighted by atomic mass is 9.69. The number of nitrogens with one attached hydrogen (secondary N) is 1. The van der Waals surface area contributed by atoms with Crippen LogP contribution in [0, 0.1) is 23.0 Å². The first kappa shape index (κ1) is 22.0. The summed E-state index contributed by atoms with van der Waals surface area (Å²) in [4.78, 5) is 41.6. The quantitative estimate of drug-likeness (QED) is 0.327. The van der Waals surface area contributed by atoms with E-state index in [9.17, 15) is 19.7 Å². The Balaban J connectivity index is 1.61. The van der Waals surface area contributed by atoms with Crippen molar-refractivity contribution >= 4 is 34.8 Å². The van der Waals surface area contributed by atoms with Crippen molar-refractivity contribution in [3.05, 3.63) is 105 Å². The number of amides is 1. The van der Waals surface area contributed by atoms with Crippen molar-refractivity contribution in [3.63, 3.8) is 0 Å². The number of nitro groups is 1. The lowest BCUT2D eigenvalue weighted by Gasteiger charge is -2.36. The number of nitrogens with zero attached hydrogens (tertiary/aromatic N) is 2. The van der Waals surface area contributed by atoms with E-state index in [4.69, 9.17) is 0 Å². The normalized spacial score (nSPS) is 27.0. The van der Waals surface area contributed by atoms with E-state index >= 15 is 0 Å². The third-order valence-electron chi connectivity index (χ3n) is 7.61. The molecule has 2 fully saturated rings. The second-order valence-corrected chi connectivity index (χ2v) is 10.4. The number of nitro benzene ring substituents is 1. The minimum Gasteiger partial charge on any atom is -0.324 e. The van der Waals surface area contributed by atoms with Gasteiger partial charge in [-0.25, -0.2) is 0 Å². The fraction of sp³-hybridized carbons (Fsp3) is 0.259. The van der Waals surface area contributed by atoms with Crippen LogP contribution in [0.15, 0.2) is 72.8 Å². The highest BCUT2D eigenvalue weighted by Crippen LogP contribution is 2.61. The van der Waals surface area contributed by atoms with Crippen LogP contribution in [0.5, 0.6) is 0 Å². The van der Waals surface area contributed by atoms with Crippen molar-refractivity contribution in [1.82, 2.24) is 4.90 Å². The molecule has 6 rings (SSSR count). The second-order valence-electron chi connectivity index (χ2n) is 9.39. The fourth-order valence-electron chi connectivity index (χ4n) is 6.15. The molecule has 2 saturated heterocycles. The van der Waals surface area contributed by atoms with Gasteiger partial charge in [-0.1, -0.05) is 60.2 Å². The number of anilines is 1. The predicted octanol–water partition coefficient (Wildman–Crippen LogP) is 4.72. The van der Waals surface area contributed by atoms with Crippen LogP contribution in [0.4, 0.5) is 11.4 Å². The van der Waals surface area contributed by atoms with Crippen LogP contribution in [-0.2, 0) is 10.3 Å². The zero-order valence-electron chi connectivity index (χ0n) is 19.0. The molecule has 3 aromatic carbocycles. The molecule has 1 amide bonds. The van der Waals surface area contributed by atoms with Gasteiger partial charge in [0.05, 0.1) is 10.8 Å². The number of non-ortho nitro benzene ring substituents is 1. The zero-order chi connectivity index (χ0) is 24.3. The van der Waals surface area contributed by atoms with Crippen LogP contribution < -0.4 is 5.32 Å². The van der Waals surface area contributed by atoms with Gasteiger partial charge in [-0.3, -0.25) is 24.6 Å². The van der Waals surface area contributed by atoms with E-state index in [-0.39, 0.29) is 29.3 Å². The Kier molecular flexibility index (Phi) is 5.05. The van der Waals surface area contributed by atoms with Gasteiger partial charge >= 0.3 is 0 Å². The van der Waals surface area contributed by atoms with Crippen molar-refractivity contribution < 1.29 is 14.5 Å². The van der Waals surface area contributed by atoms with E-state index < -0.39 is 16.4 Å². The number of carbonyl (C=O) groups excluding carboxylic acids is 2. The Morgan fingerprint density at radius 2 is 1.89 bits per heavy atom. The first-order valence-corrected chi connectivity index (χ1v) is 12.7. The Morgan fingerprint density at radius 3 is 2.66 bits per heavy atom. The largest absolute Gasteiger partial charge is 0.324 e. The van der Waals surface area contributed by atoms with Gasteiger partial charge < -0.3 is 5.32 Å². The number of rotatable bonds is 4. The molecule has 7 nitrogen and oxygen atoms in total. The first-order valence-electron chi connectivity index (χ1n) is 11.5. The minimum absolute atomic E-state index is 0.0153. The van der Waals surface area contributed by atoms with Gasteiger partial charge in [-0.15, -0.1) is 11.8 Å². The number of Topliss-reactive ketones (excluding diaryl/α,β-unsaturated/α-hetero) is 1. The number of fused-ring (bicyclic) bond motifs is 4. The summed E-state index contributed by atoms with van der Waals surface area (Å²) < 4.78 is 0. The summed E-state index contributed by atoms with van der Waals surface area (Å²) in [6.07, 6.45) is 0. The summed E-state index contributed by atoms with van der Waals surface area (Å²) in [5.74, 6) is -0.0904. The number of benzene rings is 3. The Hall–Kier alpha value is -3.49. The average Bonchev–Trinajstić information content (AvgIpc) is 3.52. The number of hydrogen-bond acceptors (Lipinski definition) is 6. The SMILES string of the molecule is Cc1ccc(C(=O)[C@H]2[C@H](c3cccc([N+](=O)[O-])c3)[C@H]3CSCN3[C@@]23C(=O)Nc2ccccc23)cc1. The standard InChI is InChI=1S/C27H23N3O4S/c1-16-9-11-17(12-10-16)25(31)24-23(18-5-4-6-19(13-18)30(33)34)22-14-35-15-29(22)27(24)20-7-2-3-8-21(20)28-26(27)32/h2-13,22-24H,14-15H2,1H3,(H,28,32)/t22-,23-,24-,27-/m1/s1. The number of ketones is 1. The number of aryl methyl sites for hydroxylation is 1. The molecule has 1 spiro atoms. The smallest absolute Gasteiger partial charge is 0.269 e. The minimum atomic E-state index is -1.18. The first-order chi connectivity index (χ1) is 16.9. The summed E-state index contributed by atoms with van der Waals surface area (Å²) in [6, 6.07) is 21.4. The lowest BCUT2D eigenvalue weighted by molar-refractivity contribution is -0.384. The summed E-state index contributed by atoms with van der Waals surface area (Å²) in [5, 5.41) is 14.6. The lowest BCUT2D eigenvalue weighted by Crippen LogP contribution is -2.52. The van der Waals surface area contributed by atoms with Crippen LogP contribution in [0.2, 0.25) is 0 Å². The van der Waals surface area contributed by atoms with E-state index in [2.05, 4.69) is 10.2 Å². The van der Waals surface area contributed by atoms with Crippen molar-refractivity contribution in [2.24, 2.45) is 5.92 Å². The van der Waals surface area contributed by atoms with Crippen molar-refractivity contribution in [1.29, 1.82) is 0 Å². The molecule has 3 heterocycles. The Labute approximate surface area is 206 Å². The highest BCUT2D eigenvalue weighted by atomic mass is 32.2. The predicted molar refractivity (Wildman–Crippen MR) is 135 cm³/mol. The van der Waals surface area contributed by atoms with Crippen molar-refractivity contribution in [2.75, 3.05) is 16.9 Å². The van der Waals surface area contributed by atoms with E-state index in [1.807, 2.05) is 61.5 Å². The third-order valence-corrected chi connectivity index (χ3v) is 8.65. The number of hydrogen-bond donors (Lipinski definition) is 1. The summed E-state index contributed by atoms with van der Waals surface area (Å²) in [5.41, 5.74) is 2.63. The molecule has 0 aliphatic carbocycles. The van der Waals surface area contributed by atoms with Crippen LogP contribution in [0.25, 0.3) is 0 Å². The summed E-state index contributed by atoms with van der Waals surface area (Å²) in [7, 11) is 0. The highest BCUT2D eigenvalue weighted by Gasteiger charge is 2.69. The van der Waals surface area contributed by atoms with Crippen molar-refractivity contribution in [2.45, 2.75) is 24.4 Å². The molecule has 3 aliphatic heterocycles. The molecule has 1 N–H and O–H groups in total. The molecule has 35 heavy (non-hydrogen) atoms. The van der Waals surface area contributed by atoms with Gasteiger partial charge in [0.15, 0.2) is 5.78 Å².